The SMILES string of the molecule is COc1ccc(/C=N/Nc2ccc([N+](=O)[O-])cc2)s1. The summed E-state index contributed by atoms with van der Waals surface area (Å²) >= 11 is 1.47. The maximum atomic E-state index is 10.5. The normalized spacial score (nSPS) is 10.6. The second-order valence-corrected chi connectivity index (χ2v) is 4.61. The Labute approximate surface area is 113 Å². The standard InChI is InChI=1S/C12H11N3O3S/c1-18-12-7-6-11(19-12)8-13-14-9-2-4-10(5-3-9)15(16)17/h2-8,14H,1H3/b13-8+. The summed E-state index contributed by atoms with van der Waals surface area (Å²) in [4.78, 5) is 11.0. The van der Waals surface area contributed by atoms with E-state index in [9.17, 15) is 10.1 Å². The van der Waals surface area contributed by atoms with E-state index in [2.05, 4.69) is 10.5 Å². The Bertz CT molecular complexity index is 593. The van der Waals surface area contributed by atoms with Crippen LogP contribution in [0.15, 0.2) is 41.5 Å². The van der Waals surface area contributed by atoms with E-state index in [1.807, 2.05) is 12.1 Å². The number of methoxy groups -OCH3 is 1. The van der Waals surface area contributed by atoms with Gasteiger partial charge in [-0.25, -0.2) is 0 Å². The van der Waals surface area contributed by atoms with Crippen LogP contribution in [0.4, 0.5) is 11.4 Å². The Morgan fingerprint density at radius 1 is 1.32 bits per heavy atom. The van der Waals surface area contributed by atoms with Crippen molar-refractivity contribution in [2.75, 3.05) is 12.5 Å². The summed E-state index contributed by atoms with van der Waals surface area (Å²) in [5, 5.41) is 15.3. The number of ether oxygens (including phenoxy) is 1. The number of non-ortho nitro benzene ring substituents is 1. The van der Waals surface area contributed by atoms with Crippen molar-refractivity contribution in [3.63, 3.8) is 0 Å². The Hall–Kier alpha value is -2.41. The molecule has 0 aliphatic rings. The van der Waals surface area contributed by atoms with Crippen LogP contribution in [0.25, 0.3) is 0 Å². The van der Waals surface area contributed by atoms with Gasteiger partial charge in [0.05, 0.1) is 28.8 Å². The molecule has 19 heavy (non-hydrogen) atoms. The highest BCUT2D eigenvalue weighted by Gasteiger charge is 2.02. The third kappa shape index (κ3) is 3.52. The van der Waals surface area contributed by atoms with Crippen LogP contribution >= 0.6 is 11.3 Å². The zero-order chi connectivity index (χ0) is 13.7. The number of hydrogen-bond acceptors (Lipinski definition) is 6. The molecule has 0 amide bonds. The molecule has 0 saturated carbocycles. The molecule has 0 bridgehead atoms. The number of nitro benzene ring substituents is 1. The van der Waals surface area contributed by atoms with Gasteiger partial charge in [0.25, 0.3) is 5.69 Å². The van der Waals surface area contributed by atoms with Crippen LogP contribution in [-0.4, -0.2) is 18.2 Å². The molecule has 6 nitrogen and oxygen atoms in total. The van der Waals surface area contributed by atoms with E-state index < -0.39 is 4.92 Å². The molecule has 2 aromatic rings. The van der Waals surface area contributed by atoms with E-state index in [1.165, 1.54) is 23.5 Å². The minimum Gasteiger partial charge on any atom is -0.487 e. The number of benzene rings is 1. The molecule has 98 valence electrons. The van der Waals surface area contributed by atoms with E-state index in [-0.39, 0.29) is 5.69 Å². The predicted octanol–water partition coefficient (Wildman–Crippen LogP) is 3.11. The first-order valence-corrected chi connectivity index (χ1v) is 6.18. The van der Waals surface area contributed by atoms with Gasteiger partial charge in [0.1, 0.15) is 0 Å². The molecule has 0 fully saturated rings. The molecule has 0 saturated heterocycles. The lowest BCUT2D eigenvalue weighted by Crippen LogP contribution is -1.91. The van der Waals surface area contributed by atoms with Gasteiger partial charge in [0.15, 0.2) is 5.06 Å². The quantitative estimate of drug-likeness (QED) is 0.517. The monoisotopic (exact) mass is 277 g/mol. The van der Waals surface area contributed by atoms with Crippen molar-refractivity contribution in [1.82, 2.24) is 0 Å². The fraction of sp³-hybridized carbons (Fsp3) is 0.0833. The van der Waals surface area contributed by atoms with E-state index in [1.54, 1.807) is 25.5 Å². The first-order valence-electron chi connectivity index (χ1n) is 5.36. The van der Waals surface area contributed by atoms with Crippen molar-refractivity contribution in [3.05, 3.63) is 51.4 Å². The molecule has 0 radical (unpaired) electrons. The molecular weight excluding hydrogens is 266 g/mol. The first kappa shape index (κ1) is 13.0. The third-order valence-corrected chi connectivity index (χ3v) is 3.25. The maximum absolute atomic E-state index is 10.5. The van der Waals surface area contributed by atoms with E-state index in [0.29, 0.717) is 5.69 Å². The largest absolute Gasteiger partial charge is 0.487 e. The molecule has 0 aliphatic heterocycles. The van der Waals surface area contributed by atoms with Gasteiger partial charge in [0.2, 0.25) is 0 Å². The van der Waals surface area contributed by atoms with Crippen LogP contribution in [0, 0.1) is 10.1 Å². The summed E-state index contributed by atoms with van der Waals surface area (Å²) in [6, 6.07) is 9.80. The number of nitro groups is 1. The molecule has 1 aromatic carbocycles. The average molecular weight is 277 g/mol. The second-order valence-electron chi connectivity index (χ2n) is 3.53. The van der Waals surface area contributed by atoms with Crippen molar-refractivity contribution in [2.45, 2.75) is 0 Å². The first-order chi connectivity index (χ1) is 9.19. The fourth-order valence-corrected chi connectivity index (χ4v) is 2.03. The number of nitrogens with zero attached hydrogens (tertiary/aromatic N) is 2. The van der Waals surface area contributed by atoms with Crippen LogP contribution in [0.2, 0.25) is 0 Å². The van der Waals surface area contributed by atoms with E-state index in [4.69, 9.17) is 4.74 Å². The Morgan fingerprint density at radius 3 is 2.63 bits per heavy atom. The average Bonchev–Trinajstić information content (AvgIpc) is 2.87. The number of anilines is 1. The Balaban J connectivity index is 1.96. The lowest BCUT2D eigenvalue weighted by molar-refractivity contribution is -0.384. The van der Waals surface area contributed by atoms with Crippen molar-refractivity contribution >= 4 is 28.9 Å². The highest BCUT2D eigenvalue weighted by atomic mass is 32.1. The summed E-state index contributed by atoms with van der Waals surface area (Å²) in [5.41, 5.74) is 3.54. The van der Waals surface area contributed by atoms with Gasteiger partial charge in [-0.2, -0.15) is 5.10 Å². The zero-order valence-corrected chi connectivity index (χ0v) is 10.9. The number of rotatable bonds is 5. The highest BCUT2D eigenvalue weighted by Crippen LogP contribution is 2.22. The van der Waals surface area contributed by atoms with Crippen molar-refractivity contribution in [3.8, 4) is 5.06 Å². The van der Waals surface area contributed by atoms with Gasteiger partial charge in [-0.05, 0) is 24.3 Å². The zero-order valence-electron chi connectivity index (χ0n) is 10.1. The van der Waals surface area contributed by atoms with Crippen LogP contribution in [0.5, 0.6) is 5.06 Å². The summed E-state index contributed by atoms with van der Waals surface area (Å²) in [5.74, 6) is 0. The van der Waals surface area contributed by atoms with Gasteiger partial charge in [-0.1, -0.05) is 11.3 Å². The van der Waals surface area contributed by atoms with Crippen molar-refractivity contribution in [2.24, 2.45) is 5.10 Å². The molecule has 2 rings (SSSR count). The topological polar surface area (TPSA) is 76.8 Å². The number of thiophene rings is 1. The molecule has 7 heteroatoms. The molecule has 1 aromatic heterocycles. The van der Waals surface area contributed by atoms with Gasteiger partial charge < -0.3 is 4.74 Å². The summed E-state index contributed by atoms with van der Waals surface area (Å²) in [6.45, 7) is 0. The number of hydrazone groups is 1. The molecular formula is C12H11N3O3S. The van der Waals surface area contributed by atoms with E-state index in [0.717, 1.165) is 9.94 Å². The van der Waals surface area contributed by atoms with Gasteiger partial charge in [0, 0.05) is 12.1 Å². The Morgan fingerprint density at radius 2 is 2.05 bits per heavy atom. The summed E-state index contributed by atoms with van der Waals surface area (Å²) in [7, 11) is 1.61. The summed E-state index contributed by atoms with van der Waals surface area (Å²) in [6.07, 6.45) is 1.66. The van der Waals surface area contributed by atoms with Gasteiger partial charge >= 0.3 is 0 Å². The smallest absolute Gasteiger partial charge is 0.269 e. The highest BCUT2D eigenvalue weighted by molar-refractivity contribution is 7.15. The van der Waals surface area contributed by atoms with Crippen LogP contribution in [0.1, 0.15) is 4.88 Å². The fourth-order valence-electron chi connectivity index (χ4n) is 1.34. The molecule has 0 aliphatic carbocycles. The molecule has 0 atom stereocenters. The van der Waals surface area contributed by atoms with Gasteiger partial charge in [-0.3, -0.25) is 15.5 Å². The van der Waals surface area contributed by atoms with Crippen LogP contribution in [0.3, 0.4) is 0 Å². The summed E-state index contributed by atoms with van der Waals surface area (Å²) < 4.78 is 5.07. The molecule has 0 spiro atoms. The maximum Gasteiger partial charge on any atom is 0.269 e. The van der Waals surface area contributed by atoms with Gasteiger partial charge in [-0.15, -0.1) is 0 Å². The van der Waals surface area contributed by atoms with Crippen LogP contribution in [-0.2, 0) is 0 Å². The molecule has 1 heterocycles. The minimum absolute atomic E-state index is 0.0533. The Kier molecular flexibility index (Phi) is 4.09. The second kappa shape index (κ2) is 5.96. The van der Waals surface area contributed by atoms with E-state index >= 15 is 0 Å². The third-order valence-electron chi connectivity index (χ3n) is 2.27. The number of hydrogen-bond donors (Lipinski definition) is 1. The number of nitrogens with one attached hydrogen (secondary N) is 1. The molecule has 1 N–H and O–H groups in total. The lowest BCUT2D eigenvalue weighted by Gasteiger charge is -1.98. The predicted molar refractivity (Wildman–Crippen MR) is 75.2 cm³/mol. The molecule has 0 unspecified atom stereocenters. The van der Waals surface area contributed by atoms with Crippen LogP contribution < -0.4 is 10.2 Å². The van der Waals surface area contributed by atoms with Crippen molar-refractivity contribution < 1.29 is 9.66 Å². The lowest BCUT2D eigenvalue weighted by atomic mass is 10.3. The minimum atomic E-state index is -0.440. The van der Waals surface area contributed by atoms with Crippen molar-refractivity contribution in [1.29, 1.82) is 0 Å².